The fourth-order valence-corrected chi connectivity index (χ4v) is 3.61. The minimum Gasteiger partial charge on any atom is -0.492 e. The molecule has 1 atom stereocenters. The third kappa shape index (κ3) is 3.76. The molecule has 2 N–H and O–H groups in total. The summed E-state index contributed by atoms with van der Waals surface area (Å²) < 4.78 is 11.8. The van der Waals surface area contributed by atoms with Gasteiger partial charge in [0.1, 0.15) is 23.7 Å². The molecular weight excluding hydrogens is 326 g/mol. The standard InChI is InChI=1S/C22H25NO3/c24-20(16-6-2-1-3-7-16)15-23-12-13-25-17-10-11-19-18-8-4-5-9-21(18)26-22(19)14-17/h1-3,6-7,10-11,14,20,23-24H,4-5,8-9,12-13,15H2. The predicted octanol–water partition coefficient (Wildman–Crippen LogP) is 4.01. The van der Waals surface area contributed by atoms with Crippen LogP contribution < -0.4 is 10.1 Å². The Kier molecular flexibility index (Phi) is 5.23. The Morgan fingerprint density at radius 1 is 1.08 bits per heavy atom. The molecule has 0 fully saturated rings. The normalized spacial score (nSPS) is 15.0. The molecule has 1 heterocycles. The van der Waals surface area contributed by atoms with Gasteiger partial charge in [0.2, 0.25) is 0 Å². The summed E-state index contributed by atoms with van der Waals surface area (Å²) in [5.41, 5.74) is 3.24. The molecule has 1 unspecified atom stereocenters. The number of benzene rings is 2. The van der Waals surface area contributed by atoms with Crippen LogP contribution >= 0.6 is 0 Å². The van der Waals surface area contributed by atoms with E-state index in [0.29, 0.717) is 19.7 Å². The maximum absolute atomic E-state index is 10.1. The van der Waals surface area contributed by atoms with Gasteiger partial charge in [-0.15, -0.1) is 0 Å². The molecule has 4 heteroatoms. The first-order chi connectivity index (χ1) is 12.8. The second kappa shape index (κ2) is 7.94. The quantitative estimate of drug-likeness (QED) is 0.632. The monoisotopic (exact) mass is 351 g/mol. The second-order valence-electron chi connectivity index (χ2n) is 6.85. The molecule has 4 nitrogen and oxygen atoms in total. The Labute approximate surface area is 153 Å². The maximum atomic E-state index is 10.1. The molecule has 4 rings (SSSR count). The van der Waals surface area contributed by atoms with Crippen LogP contribution in [-0.4, -0.2) is 24.8 Å². The summed E-state index contributed by atoms with van der Waals surface area (Å²) in [6.07, 6.45) is 4.14. The number of aryl methyl sites for hydroxylation is 2. The highest BCUT2D eigenvalue weighted by molar-refractivity contribution is 5.83. The third-order valence-electron chi connectivity index (χ3n) is 5.00. The van der Waals surface area contributed by atoms with E-state index in [1.54, 1.807) is 0 Å². The molecule has 1 aromatic heterocycles. The molecule has 0 spiro atoms. The van der Waals surface area contributed by atoms with Gasteiger partial charge in [0.25, 0.3) is 0 Å². The van der Waals surface area contributed by atoms with Crippen LogP contribution in [0.2, 0.25) is 0 Å². The van der Waals surface area contributed by atoms with E-state index < -0.39 is 6.10 Å². The number of aliphatic hydroxyl groups is 1. The lowest BCUT2D eigenvalue weighted by Crippen LogP contribution is -2.26. The van der Waals surface area contributed by atoms with Crippen molar-refractivity contribution in [3.05, 3.63) is 65.4 Å². The molecule has 0 saturated heterocycles. The smallest absolute Gasteiger partial charge is 0.138 e. The first-order valence-electron chi connectivity index (χ1n) is 9.42. The van der Waals surface area contributed by atoms with Crippen molar-refractivity contribution in [2.45, 2.75) is 31.8 Å². The highest BCUT2D eigenvalue weighted by atomic mass is 16.5. The van der Waals surface area contributed by atoms with Crippen LogP contribution in [0.15, 0.2) is 52.9 Å². The van der Waals surface area contributed by atoms with E-state index in [1.165, 1.54) is 23.8 Å². The van der Waals surface area contributed by atoms with Gasteiger partial charge in [-0.25, -0.2) is 0 Å². The van der Waals surface area contributed by atoms with Gasteiger partial charge in [-0.3, -0.25) is 0 Å². The minimum atomic E-state index is -0.498. The topological polar surface area (TPSA) is 54.6 Å². The van der Waals surface area contributed by atoms with Gasteiger partial charge >= 0.3 is 0 Å². The van der Waals surface area contributed by atoms with Gasteiger partial charge in [-0.2, -0.15) is 0 Å². The van der Waals surface area contributed by atoms with Gasteiger partial charge in [-0.05, 0) is 37.0 Å². The van der Waals surface area contributed by atoms with Crippen LogP contribution in [0.4, 0.5) is 0 Å². The number of aliphatic hydroxyl groups excluding tert-OH is 1. The minimum absolute atomic E-state index is 0.498. The Hall–Kier alpha value is -2.30. The first kappa shape index (κ1) is 17.1. The van der Waals surface area contributed by atoms with Crippen LogP contribution in [0.1, 0.15) is 35.8 Å². The van der Waals surface area contributed by atoms with Gasteiger partial charge in [0, 0.05) is 36.5 Å². The van der Waals surface area contributed by atoms with Crippen LogP contribution in [0.3, 0.4) is 0 Å². The van der Waals surface area contributed by atoms with Crippen molar-refractivity contribution in [2.24, 2.45) is 0 Å². The lowest BCUT2D eigenvalue weighted by Gasteiger charge is -2.12. The zero-order valence-electron chi connectivity index (χ0n) is 14.9. The maximum Gasteiger partial charge on any atom is 0.138 e. The highest BCUT2D eigenvalue weighted by Crippen LogP contribution is 2.33. The molecule has 136 valence electrons. The zero-order valence-corrected chi connectivity index (χ0v) is 14.9. The van der Waals surface area contributed by atoms with E-state index in [2.05, 4.69) is 11.4 Å². The summed E-state index contributed by atoms with van der Waals surface area (Å²) in [5.74, 6) is 1.98. The molecule has 0 aliphatic heterocycles. The molecule has 1 aliphatic rings. The number of hydrogen-bond acceptors (Lipinski definition) is 4. The van der Waals surface area contributed by atoms with Crippen molar-refractivity contribution >= 4 is 11.0 Å². The molecule has 1 aliphatic carbocycles. The van der Waals surface area contributed by atoms with E-state index in [9.17, 15) is 5.11 Å². The molecule has 26 heavy (non-hydrogen) atoms. The van der Waals surface area contributed by atoms with E-state index in [1.807, 2.05) is 42.5 Å². The largest absolute Gasteiger partial charge is 0.492 e. The molecule has 0 saturated carbocycles. The number of hydrogen-bond donors (Lipinski definition) is 2. The number of fused-ring (bicyclic) bond motifs is 3. The zero-order chi connectivity index (χ0) is 17.8. The van der Waals surface area contributed by atoms with Crippen LogP contribution in [0.5, 0.6) is 5.75 Å². The summed E-state index contributed by atoms with van der Waals surface area (Å²) in [5, 5.41) is 14.6. The van der Waals surface area contributed by atoms with Gasteiger partial charge in [0.15, 0.2) is 0 Å². The summed E-state index contributed by atoms with van der Waals surface area (Å²) in [6.45, 7) is 1.74. The molecule has 0 radical (unpaired) electrons. The number of rotatable bonds is 7. The fourth-order valence-electron chi connectivity index (χ4n) is 3.61. The average Bonchev–Trinajstić information content (AvgIpc) is 3.06. The molecule has 0 bridgehead atoms. The van der Waals surface area contributed by atoms with Gasteiger partial charge in [0.05, 0.1) is 6.10 Å². The third-order valence-corrected chi connectivity index (χ3v) is 5.00. The van der Waals surface area contributed by atoms with E-state index in [-0.39, 0.29) is 0 Å². The van der Waals surface area contributed by atoms with Crippen LogP contribution in [0.25, 0.3) is 11.0 Å². The van der Waals surface area contributed by atoms with Crippen molar-refractivity contribution in [2.75, 3.05) is 19.7 Å². The molecule has 3 aromatic rings. The first-order valence-corrected chi connectivity index (χ1v) is 9.42. The van der Waals surface area contributed by atoms with Crippen molar-refractivity contribution in [3.8, 4) is 5.75 Å². The van der Waals surface area contributed by atoms with Crippen LogP contribution in [0, 0.1) is 0 Å². The summed E-state index contributed by atoms with van der Waals surface area (Å²) in [4.78, 5) is 0. The van der Waals surface area contributed by atoms with Crippen molar-refractivity contribution < 1.29 is 14.3 Å². The Bertz CT molecular complexity index is 856. The summed E-state index contributed by atoms with van der Waals surface area (Å²) in [7, 11) is 0. The second-order valence-corrected chi connectivity index (χ2v) is 6.85. The van der Waals surface area contributed by atoms with Crippen molar-refractivity contribution in [1.82, 2.24) is 5.32 Å². The van der Waals surface area contributed by atoms with Crippen LogP contribution in [-0.2, 0) is 12.8 Å². The molecule has 2 aromatic carbocycles. The lowest BCUT2D eigenvalue weighted by molar-refractivity contribution is 0.172. The van der Waals surface area contributed by atoms with E-state index in [4.69, 9.17) is 9.15 Å². The van der Waals surface area contributed by atoms with E-state index >= 15 is 0 Å². The average molecular weight is 351 g/mol. The van der Waals surface area contributed by atoms with Gasteiger partial charge in [-0.1, -0.05) is 30.3 Å². The predicted molar refractivity (Wildman–Crippen MR) is 103 cm³/mol. The number of ether oxygens (including phenoxy) is 1. The Balaban J connectivity index is 1.27. The Morgan fingerprint density at radius 3 is 2.81 bits per heavy atom. The van der Waals surface area contributed by atoms with Crippen molar-refractivity contribution in [1.29, 1.82) is 0 Å². The fraction of sp³-hybridized carbons (Fsp3) is 0.364. The van der Waals surface area contributed by atoms with Gasteiger partial charge < -0.3 is 19.6 Å². The highest BCUT2D eigenvalue weighted by Gasteiger charge is 2.17. The number of furan rings is 1. The molecule has 0 amide bonds. The summed E-state index contributed by atoms with van der Waals surface area (Å²) >= 11 is 0. The SMILES string of the molecule is OC(CNCCOc1ccc2c3c(oc2c1)CCCC3)c1ccccc1. The lowest BCUT2D eigenvalue weighted by atomic mass is 9.96. The number of nitrogens with one attached hydrogen (secondary N) is 1. The molecular formula is C22H25NO3. The Morgan fingerprint density at radius 2 is 1.92 bits per heavy atom. The summed E-state index contributed by atoms with van der Waals surface area (Å²) in [6, 6.07) is 15.8. The van der Waals surface area contributed by atoms with E-state index in [0.717, 1.165) is 35.5 Å². The van der Waals surface area contributed by atoms with Crippen molar-refractivity contribution in [3.63, 3.8) is 0 Å².